The van der Waals surface area contributed by atoms with E-state index in [1.807, 2.05) is 46.7 Å². The second kappa shape index (κ2) is 7.20. The molecule has 0 saturated carbocycles. The lowest BCUT2D eigenvalue weighted by molar-refractivity contribution is 0.553. The van der Waals surface area contributed by atoms with Crippen LogP contribution in [0.1, 0.15) is 22.5 Å². The van der Waals surface area contributed by atoms with E-state index in [0.717, 1.165) is 41.7 Å². The van der Waals surface area contributed by atoms with E-state index in [2.05, 4.69) is 35.6 Å². The molecule has 3 aromatic rings. The first kappa shape index (κ1) is 16.7. The van der Waals surface area contributed by atoms with Crippen LogP contribution in [0.2, 0.25) is 5.02 Å². The van der Waals surface area contributed by atoms with Crippen molar-refractivity contribution in [2.75, 3.05) is 6.54 Å². The lowest BCUT2D eigenvalue weighted by atomic mass is 10.2. The number of halogens is 1. The zero-order chi connectivity index (χ0) is 17.1. The maximum Gasteiger partial charge on any atom is 0.0649 e. The van der Waals surface area contributed by atoms with E-state index >= 15 is 0 Å². The first-order valence-corrected chi connectivity index (χ1v) is 8.43. The summed E-state index contributed by atoms with van der Waals surface area (Å²) >= 11 is 5.97. The fourth-order valence-corrected chi connectivity index (χ4v) is 2.89. The van der Waals surface area contributed by atoms with Gasteiger partial charge in [0.15, 0.2) is 0 Å². The molecule has 1 aromatic carbocycles. The fourth-order valence-electron chi connectivity index (χ4n) is 2.76. The molecule has 0 fully saturated rings. The maximum absolute atomic E-state index is 5.97. The van der Waals surface area contributed by atoms with Crippen LogP contribution >= 0.6 is 11.6 Å². The Morgan fingerprint density at radius 3 is 2.54 bits per heavy atom. The zero-order valence-electron chi connectivity index (χ0n) is 14.3. The molecule has 3 rings (SSSR count). The molecule has 2 aromatic heterocycles. The number of rotatable bonds is 6. The van der Waals surface area contributed by atoms with Gasteiger partial charge < -0.3 is 5.32 Å². The molecule has 0 bridgehead atoms. The highest BCUT2D eigenvalue weighted by Crippen LogP contribution is 2.19. The van der Waals surface area contributed by atoms with E-state index in [1.165, 1.54) is 11.1 Å². The normalized spacial score (nSPS) is 11.2. The summed E-state index contributed by atoms with van der Waals surface area (Å²) in [6.45, 7) is 8.72. The van der Waals surface area contributed by atoms with Gasteiger partial charge >= 0.3 is 0 Å². The molecule has 0 spiro atoms. The van der Waals surface area contributed by atoms with Crippen molar-refractivity contribution in [2.45, 2.75) is 33.9 Å². The van der Waals surface area contributed by atoms with Crippen LogP contribution in [0, 0.1) is 20.8 Å². The van der Waals surface area contributed by atoms with Crippen LogP contribution in [0.15, 0.2) is 36.7 Å². The summed E-state index contributed by atoms with van der Waals surface area (Å²) in [5.41, 5.74) is 5.65. The minimum absolute atomic E-state index is 0.732. The van der Waals surface area contributed by atoms with Crippen LogP contribution in [0.25, 0.3) is 5.69 Å². The second-order valence-electron chi connectivity index (χ2n) is 6.00. The first-order valence-electron chi connectivity index (χ1n) is 8.05. The van der Waals surface area contributed by atoms with Gasteiger partial charge in [-0.05, 0) is 50.6 Å². The number of nitrogens with zero attached hydrogens (tertiary/aromatic N) is 4. The third-order valence-electron chi connectivity index (χ3n) is 4.09. The first-order chi connectivity index (χ1) is 11.5. The largest absolute Gasteiger partial charge is 0.311 e. The molecule has 126 valence electrons. The zero-order valence-corrected chi connectivity index (χ0v) is 15.0. The summed E-state index contributed by atoms with van der Waals surface area (Å²) in [5, 5.41) is 13.2. The van der Waals surface area contributed by atoms with E-state index in [4.69, 9.17) is 11.6 Å². The SMILES string of the molecule is Cc1cnn(CCNCc2c(C)nn(-c3ccc(Cl)cc3)c2C)c1. The number of aryl methyl sites for hydroxylation is 2. The van der Waals surface area contributed by atoms with Crippen molar-refractivity contribution in [2.24, 2.45) is 0 Å². The van der Waals surface area contributed by atoms with Crippen LogP contribution in [0.5, 0.6) is 0 Å². The van der Waals surface area contributed by atoms with E-state index in [9.17, 15) is 0 Å². The number of hydrogen-bond donors (Lipinski definition) is 1. The van der Waals surface area contributed by atoms with Crippen molar-refractivity contribution < 1.29 is 0 Å². The highest BCUT2D eigenvalue weighted by atomic mass is 35.5. The molecule has 0 radical (unpaired) electrons. The maximum atomic E-state index is 5.97. The summed E-state index contributed by atoms with van der Waals surface area (Å²) in [7, 11) is 0. The standard InChI is InChI=1S/C18H22ClN5/c1-13-10-21-23(12-13)9-8-20-11-18-14(2)22-24(15(18)3)17-6-4-16(19)5-7-17/h4-7,10,12,20H,8-9,11H2,1-3H3. The van der Waals surface area contributed by atoms with Gasteiger partial charge in [0.25, 0.3) is 0 Å². The van der Waals surface area contributed by atoms with Crippen molar-refractivity contribution >= 4 is 11.6 Å². The molecule has 0 aliphatic heterocycles. The van der Waals surface area contributed by atoms with E-state index in [-0.39, 0.29) is 0 Å². The van der Waals surface area contributed by atoms with Crippen LogP contribution < -0.4 is 5.32 Å². The van der Waals surface area contributed by atoms with Crippen LogP contribution in [0.3, 0.4) is 0 Å². The molecular formula is C18H22ClN5. The van der Waals surface area contributed by atoms with Gasteiger partial charge in [0, 0.05) is 35.6 Å². The highest BCUT2D eigenvalue weighted by molar-refractivity contribution is 6.30. The molecule has 0 amide bonds. The quantitative estimate of drug-likeness (QED) is 0.697. The highest BCUT2D eigenvalue weighted by Gasteiger charge is 2.12. The van der Waals surface area contributed by atoms with Crippen molar-refractivity contribution in [1.29, 1.82) is 0 Å². The van der Waals surface area contributed by atoms with Crippen LogP contribution in [-0.2, 0) is 13.1 Å². The van der Waals surface area contributed by atoms with Crippen LogP contribution in [0.4, 0.5) is 0 Å². The third kappa shape index (κ3) is 3.68. The molecule has 5 nitrogen and oxygen atoms in total. The lowest BCUT2D eigenvalue weighted by Gasteiger charge is -2.07. The molecule has 0 aliphatic carbocycles. The summed E-state index contributed by atoms with van der Waals surface area (Å²) in [6.07, 6.45) is 3.93. The van der Waals surface area contributed by atoms with Gasteiger partial charge in [-0.2, -0.15) is 10.2 Å². The van der Waals surface area contributed by atoms with Crippen molar-refractivity contribution in [3.05, 3.63) is 64.2 Å². The monoisotopic (exact) mass is 343 g/mol. The Hall–Kier alpha value is -2.11. The third-order valence-corrected chi connectivity index (χ3v) is 4.35. The molecule has 0 aliphatic rings. The van der Waals surface area contributed by atoms with Gasteiger partial charge in [-0.25, -0.2) is 4.68 Å². The van der Waals surface area contributed by atoms with Gasteiger partial charge in [-0.3, -0.25) is 4.68 Å². The summed E-state index contributed by atoms with van der Waals surface area (Å²) in [4.78, 5) is 0. The van der Waals surface area contributed by atoms with E-state index < -0.39 is 0 Å². The van der Waals surface area contributed by atoms with Gasteiger partial charge in [-0.15, -0.1) is 0 Å². The minimum atomic E-state index is 0.732. The molecule has 0 unspecified atom stereocenters. The number of nitrogens with one attached hydrogen (secondary N) is 1. The average Bonchev–Trinajstić information content (AvgIpc) is 3.09. The Morgan fingerprint density at radius 2 is 1.88 bits per heavy atom. The Bertz CT molecular complexity index is 817. The lowest BCUT2D eigenvalue weighted by Crippen LogP contribution is -2.20. The van der Waals surface area contributed by atoms with E-state index in [1.54, 1.807) is 0 Å². The van der Waals surface area contributed by atoms with Crippen molar-refractivity contribution in [3.8, 4) is 5.69 Å². The number of hydrogen-bond acceptors (Lipinski definition) is 3. The molecule has 0 saturated heterocycles. The minimum Gasteiger partial charge on any atom is -0.311 e. The summed E-state index contributed by atoms with van der Waals surface area (Å²) in [6, 6.07) is 7.74. The summed E-state index contributed by atoms with van der Waals surface area (Å²) in [5.74, 6) is 0. The number of aromatic nitrogens is 4. The van der Waals surface area contributed by atoms with Gasteiger partial charge in [0.05, 0.1) is 24.1 Å². The smallest absolute Gasteiger partial charge is 0.0649 e. The molecule has 0 atom stereocenters. The van der Waals surface area contributed by atoms with Gasteiger partial charge in [-0.1, -0.05) is 11.6 Å². The summed E-state index contributed by atoms with van der Waals surface area (Å²) < 4.78 is 3.93. The fraction of sp³-hybridized carbons (Fsp3) is 0.333. The van der Waals surface area contributed by atoms with Crippen molar-refractivity contribution in [3.63, 3.8) is 0 Å². The Morgan fingerprint density at radius 1 is 1.12 bits per heavy atom. The molecule has 1 N–H and O–H groups in total. The van der Waals surface area contributed by atoms with Crippen LogP contribution in [-0.4, -0.2) is 26.1 Å². The van der Waals surface area contributed by atoms with Gasteiger partial charge in [0.2, 0.25) is 0 Å². The molecule has 24 heavy (non-hydrogen) atoms. The Labute approximate surface area is 147 Å². The predicted octanol–water partition coefficient (Wildman–Crippen LogP) is 3.44. The molecule has 2 heterocycles. The van der Waals surface area contributed by atoms with Gasteiger partial charge in [0.1, 0.15) is 0 Å². The van der Waals surface area contributed by atoms with Crippen molar-refractivity contribution in [1.82, 2.24) is 24.9 Å². The van der Waals surface area contributed by atoms with E-state index in [0.29, 0.717) is 0 Å². The Kier molecular flexibility index (Phi) is 5.02. The average molecular weight is 344 g/mol. The Balaban J connectivity index is 1.64. The topological polar surface area (TPSA) is 47.7 Å². The number of benzene rings is 1. The predicted molar refractivity (Wildman–Crippen MR) is 96.7 cm³/mol. The second-order valence-corrected chi connectivity index (χ2v) is 6.43. The molecular weight excluding hydrogens is 322 g/mol. The molecule has 6 heteroatoms.